The topological polar surface area (TPSA) is 81.7 Å². The Balaban J connectivity index is 2.37. The molecule has 1 aromatic rings. The predicted molar refractivity (Wildman–Crippen MR) is 74.9 cm³/mol. The second-order valence-electron chi connectivity index (χ2n) is 4.18. The third-order valence-electron chi connectivity index (χ3n) is 2.47. The van der Waals surface area contributed by atoms with Crippen LogP contribution in [0.4, 0.5) is 0 Å². The van der Waals surface area contributed by atoms with Gasteiger partial charge in [-0.2, -0.15) is 0 Å². The van der Waals surface area contributed by atoms with Crippen LogP contribution >= 0.6 is 0 Å². The molecule has 1 amide bonds. The van der Waals surface area contributed by atoms with Crippen LogP contribution in [-0.4, -0.2) is 24.5 Å². The number of hydrogen-bond donors (Lipinski definition) is 1. The molecule has 0 bridgehead atoms. The smallest absolute Gasteiger partial charge is 0.344 e. The summed E-state index contributed by atoms with van der Waals surface area (Å²) < 4.78 is 9.45. The van der Waals surface area contributed by atoms with E-state index in [4.69, 9.17) is 4.74 Å². The number of carbonyl (C=O) groups is 3. The molecular formula is C15H17NO5. The third-order valence-corrected chi connectivity index (χ3v) is 2.47. The molecule has 0 saturated carbocycles. The van der Waals surface area contributed by atoms with Gasteiger partial charge in [-0.1, -0.05) is 30.8 Å². The van der Waals surface area contributed by atoms with Gasteiger partial charge >= 0.3 is 11.9 Å². The fraction of sp³-hybridized carbons (Fsp3) is 0.267. The van der Waals surface area contributed by atoms with Crippen LogP contribution in [0.2, 0.25) is 0 Å². The van der Waals surface area contributed by atoms with E-state index in [1.54, 1.807) is 12.1 Å². The van der Waals surface area contributed by atoms with Gasteiger partial charge in [0.15, 0.2) is 6.61 Å². The molecule has 0 aliphatic heterocycles. The lowest BCUT2D eigenvalue weighted by Crippen LogP contribution is -2.19. The Bertz CT molecular complexity index is 521. The molecule has 1 rings (SSSR count). The first-order valence-corrected chi connectivity index (χ1v) is 6.28. The highest BCUT2D eigenvalue weighted by atomic mass is 16.6. The molecule has 0 spiro atoms. The van der Waals surface area contributed by atoms with Crippen LogP contribution in [-0.2, 0) is 37.0 Å². The van der Waals surface area contributed by atoms with Crippen LogP contribution in [0.1, 0.15) is 18.1 Å². The minimum atomic E-state index is -0.604. The number of nitrogens with one attached hydrogen (secondary N) is 1. The summed E-state index contributed by atoms with van der Waals surface area (Å²) in [7, 11) is 0. The maximum absolute atomic E-state index is 11.2. The van der Waals surface area contributed by atoms with Crippen molar-refractivity contribution in [1.29, 1.82) is 0 Å². The third kappa shape index (κ3) is 6.91. The van der Waals surface area contributed by atoms with E-state index in [2.05, 4.69) is 16.6 Å². The van der Waals surface area contributed by atoms with Crippen molar-refractivity contribution in [3.05, 3.63) is 48.0 Å². The fourth-order valence-corrected chi connectivity index (χ4v) is 1.38. The van der Waals surface area contributed by atoms with Crippen molar-refractivity contribution in [2.75, 3.05) is 6.61 Å². The van der Waals surface area contributed by atoms with Crippen molar-refractivity contribution < 1.29 is 23.9 Å². The fourth-order valence-electron chi connectivity index (χ4n) is 1.38. The molecule has 0 aliphatic carbocycles. The van der Waals surface area contributed by atoms with Crippen molar-refractivity contribution in [2.45, 2.75) is 20.1 Å². The summed E-state index contributed by atoms with van der Waals surface area (Å²) in [4.78, 5) is 32.8. The quantitative estimate of drug-likeness (QED) is 0.601. The highest BCUT2D eigenvalue weighted by molar-refractivity contribution is 5.86. The van der Waals surface area contributed by atoms with Crippen LogP contribution in [0.3, 0.4) is 0 Å². The zero-order valence-electron chi connectivity index (χ0n) is 11.8. The highest BCUT2D eigenvalue weighted by Gasteiger charge is 2.05. The zero-order chi connectivity index (χ0) is 15.7. The SMILES string of the molecule is C=CC(=O)NCc1ccc(COC(=O)COC(C)=O)cc1. The normalized spacial score (nSPS) is 9.57. The first kappa shape index (κ1) is 16.4. The van der Waals surface area contributed by atoms with Crippen molar-refractivity contribution in [3.8, 4) is 0 Å². The van der Waals surface area contributed by atoms with Gasteiger partial charge < -0.3 is 14.8 Å². The molecule has 0 radical (unpaired) electrons. The first-order chi connectivity index (χ1) is 10.0. The van der Waals surface area contributed by atoms with Crippen molar-refractivity contribution in [1.82, 2.24) is 5.32 Å². The van der Waals surface area contributed by atoms with E-state index < -0.39 is 11.9 Å². The molecule has 112 valence electrons. The Kier molecular flexibility index (Phi) is 6.67. The summed E-state index contributed by atoms with van der Waals surface area (Å²) in [5.41, 5.74) is 1.71. The van der Waals surface area contributed by atoms with Gasteiger partial charge in [0.1, 0.15) is 6.61 Å². The Morgan fingerprint density at radius 2 is 1.76 bits per heavy atom. The zero-order valence-corrected chi connectivity index (χ0v) is 11.8. The summed E-state index contributed by atoms with van der Waals surface area (Å²) in [6.07, 6.45) is 1.21. The molecule has 0 aliphatic rings. The van der Waals surface area contributed by atoms with E-state index in [1.807, 2.05) is 12.1 Å². The molecule has 0 fully saturated rings. The minimum Gasteiger partial charge on any atom is -0.458 e. The second-order valence-corrected chi connectivity index (χ2v) is 4.18. The van der Waals surface area contributed by atoms with E-state index in [-0.39, 0.29) is 19.1 Å². The molecule has 0 saturated heterocycles. The largest absolute Gasteiger partial charge is 0.458 e. The van der Waals surface area contributed by atoms with E-state index >= 15 is 0 Å². The molecule has 1 N–H and O–H groups in total. The van der Waals surface area contributed by atoms with Crippen LogP contribution in [0.15, 0.2) is 36.9 Å². The number of benzene rings is 1. The number of ether oxygens (including phenoxy) is 2. The summed E-state index contributed by atoms with van der Waals surface area (Å²) in [5.74, 6) is -1.37. The van der Waals surface area contributed by atoms with Crippen molar-refractivity contribution in [2.24, 2.45) is 0 Å². The monoisotopic (exact) mass is 291 g/mol. The number of amides is 1. The standard InChI is InChI=1S/C15H17NO5/c1-3-14(18)16-8-12-4-6-13(7-5-12)9-21-15(19)10-20-11(2)17/h3-7H,1,8-10H2,2H3,(H,16,18). The van der Waals surface area contributed by atoms with Crippen molar-refractivity contribution in [3.63, 3.8) is 0 Å². The molecule has 0 aromatic heterocycles. The van der Waals surface area contributed by atoms with Gasteiger partial charge in [0.25, 0.3) is 0 Å². The lowest BCUT2D eigenvalue weighted by Gasteiger charge is -2.07. The number of esters is 2. The van der Waals surface area contributed by atoms with Crippen LogP contribution in [0.5, 0.6) is 0 Å². The maximum Gasteiger partial charge on any atom is 0.344 e. The Morgan fingerprint density at radius 1 is 1.14 bits per heavy atom. The summed E-state index contributed by atoms with van der Waals surface area (Å²) in [6, 6.07) is 7.21. The summed E-state index contributed by atoms with van der Waals surface area (Å²) in [6.45, 7) is 4.69. The average molecular weight is 291 g/mol. The molecule has 0 heterocycles. The van der Waals surface area contributed by atoms with E-state index in [0.717, 1.165) is 11.1 Å². The number of carbonyl (C=O) groups excluding carboxylic acids is 3. The lowest BCUT2D eigenvalue weighted by atomic mass is 10.1. The van der Waals surface area contributed by atoms with Gasteiger partial charge in [-0.05, 0) is 17.2 Å². The number of hydrogen-bond acceptors (Lipinski definition) is 5. The number of rotatable bonds is 7. The summed E-state index contributed by atoms with van der Waals surface area (Å²) >= 11 is 0. The first-order valence-electron chi connectivity index (χ1n) is 6.28. The average Bonchev–Trinajstić information content (AvgIpc) is 2.49. The van der Waals surface area contributed by atoms with Gasteiger partial charge in [-0.15, -0.1) is 0 Å². The van der Waals surface area contributed by atoms with Crippen LogP contribution < -0.4 is 5.32 Å². The van der Waals surface area contributed by atoms with E-state index in [9.17, 15) is 14.4 Å². The molecule has 6 heteroatoms. The minimum absolute atomic E-state index is 0.0966. The van der Waals surface area contributed by atoms with E-state index in [1.165, 1.54) is 13.0 Å². The van der Waals surface area contributed by atoms with E-state index in [0.29, 0.717) is 6.54 Å². The Labute approximate surface area is 122 Å². The molecule has 0 unspecified atom stereocenters. The molecular weight excluding hydrogens is 274 g/mol. The van der Waals surface area contributed by atoms with Crippen molar-refractivity contribution >= 4 is 17.8 Å². The molecule has 21 heavy (non-hydrogen) atoms. The Morgan fingerprint density at radius 3 is 2.33 bits per heavy atom. The van der Waals surface area contributed by atoms with Gasteiger partial charge in [-0.25, -0.2) is 4.79 Å². The van der Waals surface area contributed by atoms with Gasteiger partial charge in [-0.3, -0.25) is 9.59 Å². The molecule has 6 nitrogen and oxygen atoms in total. The molecule has 1 aromatic carbocycles. The van der Waals surface area contributed by atoms with Gasteiger partial charge in [0.05, 0.1) is 0 Å². The predicted octanol–water partition coefficient (Wildman–Crippen LogP) is 1.10. The summed E-state index contributed by atoms with van der Waals surface area (Å²) in [5, 5.41) is 2.65. The molecule has 0 atom stereocenters. The van der Waals surface area contributed by atoms with Gasteiger partial charge in [0.2, 0.25) is 5.91 Å². The second kappa shape index (κ2) is 8.52. The Hall–Kier alpha value is -2.63. The van der Waals surface area contributed by atoms with Crippen LogP contribution in [0.25, 0.3) is 0 Å². The van der Waals surface area contributed by atoms with Crippen LogP contribution in [0, 0.1) is 0 Å². The lowest BCUT2D eigenvalue weighted by molar-refractivity contribution is -0.158. The van der Waals surface area contributed by atoms with Gasteiger partial charge in [0, 0.05) is 13.5 Å². The highest BCUT2D eigenvalue weighted by Crippen LogP contribution is 2.06. The maximum atomic E-state index is 11.2.